The van der Waals surface area contributed by atoms with Crippen molar-refractivity contribution in [1.82, 2.24) is 5.32 Å². The third-order valence-corrected chi connectivity index (χ3v) is 4.38. The van der Waals surface area contributed by atoms with Crippen molar-refractivity contribution < 1.29 is 9.59 Å². The molecule has 0 heterocycles. The number of nitrogens with two attached hydrogens (primary N) is 1. The fourth-order valence-electron chi connectivity index (χ4n) is 2.84. The third kappa shape index (κ3) is 4.37. The van der Waals surface area contributed by atoms with Gasteiger partial charge in [0.1, 0.15) is 0 Å². The molecule has 6 heteroatoms. The number of rotatable bonds is 5. The maximum atomic E-state index is 12.1. The van der Waals surface area contributed by atoms with E-state index in [0.29, 0.717) is 16.6 Å². The second-order valence-electron chi connectivity index (χ2n) is 5.84. The molecule has 0 saturated heterocycles. The Kier molecular flexibility index (Phi) is 5.66. The van der Waals surface area contributed by atoms with E-state index in [1.807, 2.05) is 0 Å². The predicted octanol–water partition coefficient (Wildman–Crippen LogP) is 2.55. The van der Waals surface area contributed by atoms with Crippen molar-refractivity contribution in [3.05, 3.63) is 28.8 Å². The van der Waals surface area contributed by atoms with E-state index < -0.39 is 5.91 Å². The Morgan fingerprint density at radius 1 is 1.32 bits per heavy atom. The Bertz CT molecular complexity index is 562. The summed E-state index contributed by atoms with van der Waals surface area (Å²) in [5.41, 5.74) is 6.12. The monoisotopic (exact) mass is 323 g/mol. The van der Waals surface area contributed by atoms with Crippen molar-refractivity contribution in [2.24, 2.45) is 11.7 Å². The lowest BCUT2D eigenvalue weighted by Gasteiger charge is -2.29. The minimum Gasteiger partial charge on any atom is -0.376 e. The standard InChI is InChI=1S/C16H22ClN3O2/c1-10-4-2-3-5-13(10)20-15(21)9-19-14-7-6-11(17)8-12(14)16(18)22/h6-8,10,13,19H,2-5,9H2,1H3,(H2,18,22)(H,20,21)/t10-,13-/m1/s1. The summed E-state index contributed by atoms with van der Waals surface area (Å²) in [4.78, 5) is 23.5. The molecule has 2 amide bonds. The van der Waals surface area contributed by atoms with Gasteiger partial charge in [-0.2, -0.15) is 0 Å². The molecule has 1 aliphatic carbocycles. The highest BCUT2D eigenvalue weighted by atomic mass is 35.5. The van der Waals surface area contributed by atoms with Crippen molar-refractivity contribution in [3.63, 3.8) is 0 Å². The second-order valence-corrected chi connectivity index (χ2v) is 6.28. The van der Waals surface area contributed by atoms with Crippen molar-refractivity contribution in [1.29, 1.82) is 0 Å². The molecule has 0 spiro atoms. The van der Waals surface area contributed by atoms with Gasteiger partial charge in [-0.25, -0.2) is 0 Å². The Labute approximate surface area is 135 Å². The van der Waals surface area contributed by atoms with Gasteiger partial charge in [0.25, 0.3) is 5.91 Å². The zero-order valence-electron chi connectivity index (χ0n) is 12.7. The fraction of sp³-hybridized carbons (Fsp3) is 0.500. The van der Waals surface area contributed by atoms with Crippen LogP contribution in [0.2, 0.25) is 5.02 Å². The molecule has 1 aromatic carbocycles. The molecular weight excluding hydrogens is 302 g/mol. The molecule has 5 nitrogen and oxygen atoms in total. The fourth-order valence-corrected chi connectivity index (χ4v) is 3.01. The van der Waals surface area contributed by atoms with E-state index in [1.165, 1.54) is 12.5 Å². The summed E-state index contributed by atoms with van der Waals surface area (Å²) >= 11 is 5.85. The Morgan fingerprint density at radius 3 is 2.73 bits per heavy atom. The van der Waals surface area contributed by atoms with Crippen LogP contribution in [0.5, 0.6) is 0 Å². The van der Waals surface area contributed by atoms with Gasteiger partial charge < -0.3 is 16.4 Å². The molecule has 0 bridgehead atoms. The van der Waals surface area contributed by atoms with Gasteiger partial charge in [-0.05, 0) is 37.0 Å². The van der Waals surface area contributed by atoms with Crippen LogP contribution in [0.3, 0.4) is 0 Å². The highest BCUT2D eigenvalue weighted by molar-refractivity contribution is 6.31. The zero-order valence-corrected chi connectivity index (χ0v) is 13.5. The first-order valence-corrected chi connectivity index (χ1v) is 7.97. The average molecular weight is 324 g/mol. The molecular formula is C16H22ClN3O2. The van der Waals surface area contributed by atoms with Gasteiger partial charge in [0.2, 0.25) is 5.91 Å². The highest BCUT2D eigenvalue weighted by Crippen LogP contribution is 2.24. The van der Waals surface area contributed by atoms with Gasteiger partial charge in [0.05, 0.1) is 12.1 Å². The van der Waals surface area contributed by atoms with Crippen LogP contribution in [-0.2, 0) is 4.79 Å². The minimum absolute atomic E-state index is 0.0795. The molecule has 120 valence electrons. The maximum Gasteiger partial charge on any atom is 0.250 e. The lowest BCUT2D eigenvalue weighted by molar-refractivity contribution is -0.120. The molecule has 4 N–H and O–H groups in total. The van der Waals surface area contributed by atoms with Gasteiger partial charge in [0, 0.05) is 16.8 Å². The summed E-state index contributed by atoms with van der Waals surface area (Å²) in [6, 6.07) is 5.04. The number of carbonyl (C=O) groups excluding carboxylic acids is 2. The summed E-state index contributed by atoms with van der Waals surface area (Å²) < 4.78 is 0. The molecule has 0 aromatic heterocycles. The summed E-state index contributed by atoms with van der Waals surface area (Å²) in [7, 11) is 0. The number of hydrogen-bond acceptors (Lipinski definition) is 3. The van der Waals surface area contributed by atoms with Crippen LogP contribution in [0.25, 0.3) is 0 Å². The third-order valence-electron chi connectivity index (χ3n) is 4.14. The number of anilines is 1. The van der Waals surface area contributed by atoms with Crippen LogP contribution in [0.4, 0.5) is 5.69 Å². The van der Waals surface area contributed by atoms with Crippen molar-refractivity contribution in [2.75, 3.05) is 11.9 Å². The first-order chi connectivity index (χ1) is 10.5. The maximum absolute atomic E-state index is 12.1. The topological polar surface area (TPSA) is 84.2 Å². The SMILES string of the molecule is C[C@@H]1CCCC[C@H]1NC(=O)CNc1ccc(Cl)cc1C(N)=O. The van der Waals surface area contributed by atoms with E-state index in [2.05, 4.69) is 17.6 Å². The lowest BCUT2D eigenvalue weighted by Crippen LogP contribution is -2.43. The Hall–Kier alpha value is -1.75. The largest absolute Gasteiger partial charge is 0.376 e. The number of carbonyl (C=O) groups is 2. The summed E-state index contributed by atoms with van der Waals surface area (Å²) in [6.07, 6.45) is 4.58. The van der Waals surface area contributed by atoms with E-state index in [9.17, 15) is 9.59 Å². The molecule has 2 atom stereocenters. The van der Waals surface area contributed by atoms with Crippen LogP contribution in [0, 0.1) is 5.92 Å². The quantitative estimate of drug-likeness (QED) is 0.778. The molecule has 1 aliphatic rings. The first-order valence-electron chi connectivity index (χ1n) is 7.60. The van der Waals surface area contributed by atoms with E-state index >= 15 is 0 Å². The van der Waals surface area contributed by atoms with Gasteiger partial charge in [0.15, 0.2) is 0 Å². The molecule has 0 radical (unpaired) electrons. The van der Waals surface area contributed by atoms with Crippen LogP contribution in [-0.4, -0.2) is 24.4 Å². The van der Waals surface area contributed by atoms with Crippen LogP contribution in [0.15, 0.2) is 18.2 Å². The van der Waals surface area contributed by atoms with Gasteiger partial charge in [-0.1, -0.05) is 31.4 Å². The van der Waals surface area contributed by atoms with E-state index in [4.69, 9.17) is 17.3 Å². The Balaban J connectivity index is 1.92. The van der Waals surface area contributed by atoms with Crippen molar-refractivity contribution in [3.8, 4) is 0 Å². The van der Waals surface area contributed by atoms with Gasteiger partial charge >= 0.3 is 0 Å². The molecule has 1 aromatic rings. The summed E-state index contributed by atoms with van der Waals surface area (Å²) in [5, 5.41) is 6.44. The van der Waals surface area contributed by atoms with Crippen molar-refractivity contribution >= 4 is 29.1 Å². The molecule has 0 unspecified atom stereocenters. The molecule has 0 aliphatic heterocycles. The zero-order chi connectivity index (χ0) is 16.1. The summed E-state index contributed by atoms with van der Waals surface area (Å²) in [6.45, 7) is 2.27. The number of halogens is 1. The van der Waals surface area contributed by atoms with Gasteiger partial charge in [-0.3, -0.25) is 9.59 Å². The molecule has 1 fully saturated rings. The average Bonchev–Trinajstić information content (AvgIpc) is 2.48. The number of hydrogen-bond donors (Lipinski definition) is 3. The number of primary amides is 1. The van der Waals surface area contributed by atoms with E-state index in [0.717, 1.165) is 19.3 Å². The number of amides is 2. The molecule has 22 heavy (non-hydrogen) atoms. The molecule has 1 saturated carbocycles. The Morgan fingerprint density at radius 2 is 2.05 bits per heavy atom. The van der Waals surface area contributed by atoms with Crippen LogP contribution < -0.4 is 16.4 Å². The lowest BCUT2D eigenvalue weighted by atomic mass is 9.86. The van der Waals surface area contributed by atoms with Crippen molar-refractivity contribution in [2.45, 2.75) is 38.6 Å². The van der Waals surface area contributed by atoms with Gasteiger partial charge in [-0.15, -0.1) is 0 Å². The predicted molar refractivity (Wildman–Crippen MR) is 88.0 cm³/mol. The summed E-state index contributed by atoms with van der Waals surface area (Å²) in [5.74, 6) is -0.148. The van der Waals surface area contributed by atoms with Crippen LogP contribution in [0.1, 0.15) is 43.0 Å². The number of benzene rings is 1. The van der Waals surface area contributed by atoms with Crippen LogP contribution >= 0.6 is 11.6 Å². The first kappa shape index (κ1) is 16.6. The molecule has 2 rings (SSSR count). The smallest absolute Gasteiger partial charge is 0.250 e. The normalized spacial score (nSPS) is 21.2. The van der Waals surface area contributed by atoms with E-state index in [-0.39, 0.29) is 24.1 Å². The second kappa shape index (κ2) is 7.49. The number of nitrogens with one attached hydrogen (secondary N) is 2. The van der Waals surface area contributed by atoms with E-state index in [1.54, 1.807) is 12.1 Å². The highest BCUT2D eigenvalue weighted by Gasteiger charge is 2.22. The minimum atomic E-state index is -0.577.